The lowest BCUT2D eigenvalue weighted by molar-refractivity contribution is -0.130. The Labute approximate surface area is 242 Å². The van der Waals surface area contributed by atoms with Crippen LogP contribution in [-0.2, 0) is 14.3 Å². The molecule has 3 aromatic rings. The number of benzene rings is 1. The number of morpholine rings is 1. The van der Waals surface area contributed by atoms with Crippen LogP contribution < -0.4 is 20.9 Å². The van der Waals surface area contributed by atoms with Gasteiger partial charge < -0.3 is 25.6 Å². The van der Waals surface area contributed by atoms with Crippen LogP contribution in [0.25, 0.3) is 16.7 Å². The Hall–Kier alpha value is -3.47. The standard InChI is InChI=1S/C30H46N8O3/c1-18(2)14-26(39)34-27(19(3)4)30(40)32-13-9-8-12-31-28-29-36-35-22(7)38(29)25-11-10-23(15-24(25)33-28)37-16-20(5)41-21(6)17-37/h10-11,15,18-21,27H,8-9,12-14,16-17H2,1-7H3,(H,31,33)(H,32,40)(H,34,39)/t20?,21?,27-/m0/s1. The molecule has 11 nitrogen and oxygen atoms in total. The number of rotatable bonds is 12. The zero-order valence-corrected chi connectivity index (χ0v) is 25.5. The third kappa shape index (κ3) is 7.63. The number of amides is 2. The number of nitrogens with one attached hydrogen (secondary N) is 3. The molecular weight excluding hydrogens is 520 g/mol. The molecule has 4 rings (SSSR count). The van der Waals surface area contributed by atoms with Gasteiger partial charge in [-0.3, -0.25) is 14.0 Å². The summed E-state index contributed by atoms with van der Waals surface area (Å²) in [5, 5.41) is 18.0. The molecule has 11 heteroatoms. The Morgan fingerprint density at radius 3 is 2.44 bits per heavy atom. The maximum atomic E-state index is 12.7. The van der Waals surface area contributed by atoms with Gasteiger partial charge in [-0.2, -0.15) is 0 Å². The van der Waals surface area contributed by atoms with Crippen LogP contribution in [-0.4, -0.2) is 75.8 Å². The molecule has 41 heavy (non-hydrogen) atoms. The fraction of sp³-hybridized carbons (Fsp3) is 0.633. The minimum Gasteiger partial charge on any atom is -0.372 e. The number of hydrogen-bond donors (Lipinski definition) is 3. The third-order valence-electron chi connectivity index (χ3n) is 7.31. The number of aromatic nitrogens is 4. The van der Waals surface area contributed by atoms with Crippen molar-refractivity contribution in [1.29, 1.82) is 0 Å². The van der Waals surface area contributed by atoms with E-state index in [1.165, 1.54) is 0 Å². The summed E-state index contributed by atoms with van der Waals surface area (Å²) in [5.41, 5.74) is 3.66. The average molecular weight is 567 g/mol. The van der Waals surface area contributed by atoms with E-state index in [1.807, 2.05) is 39.0 Å². The van der Waals surface area contributed by atoms with Crippen molar-refractivity contribution in [2.75, 3.05) is 36.4 Å². The first-order valence-corrected chi connectivity index (χ1v) is 14.9. The van der Waals surface area contributed by atoms with Gasteiger partial charge in [0.25, 0.3) is 0 Å². The summed E-state index contributed by atoms with van der Waals surface area (Å²) in [5.74, 6) is 1.53. The normalized spacial score (nSPS) is 18.3. The van der Waals surface area contributed by atoms with E-state index in [1.54, 1.807) is 0 Å². The lowest BCUT2D eigenvalue weighted by atomic mass is 10.0. The van der Waals surface area contributed by atoms with Gasteiger partial charge in [-0.1, -0.05) is 27.7 Å². The quantitative estimate of drug-likeness (QED) is 0.284. The molecule has 0 spiro atoms. The molecule has 1 fully saturated rings. The Morgan fingerprint density at radius 2 is 1.76 bits per heavy atom. The summed E-state index contributed by atoms with van der Waals surface area (Å²) >= 11 is 0. The van der Waals surface area contributed by atoms with Crippen molar-refractivity contribution in [3.05, 3.63) is 24.0 Å². The highest BCUT2D eigenvalue weighted by atomic mass is 16.5. The van der Waals surface area contributed by atoms with Gasteiger partial charge in [0.15, 0.2) is 5.82 Å². The zero-order valence-electron chi connectivity index (χ0n) is 25.5. The Kier molecular flexibility index (Phi) is 10.0. The third-order valence-corrected chi connectivity index (χ3v) is 7.31. The van der Waals surface area contributed by atoms with Gasteiger partial charge in [-0.25, -0.2) is 4.98 Å². The number of hydrogen-bond acceptors (Lipinski definition) is 8. The van der Waals surface area contributed by atoms with Crippen LogP contribution in [0.3, 0.4) is 0 Å². The lowest BCUT2D eigenvalue weighted by Crippen LogP contribution is -2.50. The molecule has 1 aromatic carbocycles. The van der Waals surface area contributed by atoms with Crippen LogP contribution in [0, 0.1) is 18.8 Å². The largest absolute Gasteiger partial charge is 0.372 e. The second-order valence-corrected chi connectivity index (χ2v) is 12.0. The predicted octanol–water partition coefficient (Wildman–Crippen LogP) is 3.69. The van der Waals surface area contributed by atoms with Crippen LogP contribution >= 0.6 is 0 Å². The molecular formula is C30H46N8O3. The van der Waals surface area contributed by atoms with Crippen LogP contribution in [0.4, 0.5) is 11.5 Å². The number of fused-ring (bicyclic) bond motifs is 3. The summed E-state index contributed by atoms with van der Waals surface area (Å²) in [6.45, 7) is 16.9. The number of aryl methyl sites for hydroxylation is 1. The molecule has 1 aliphatic rings. The number of nitrogens with zero attached hydrogens (tertiary/aromatic N) is 5. The molecule has 0 saturated carbocycles. The second kappa shape index (κ2) is 13.5. The van der Waals surface area contributed by atoms with E-state index in [4.69, 9.17) is 9.72 Å². The van der Waals surface area contributed by atoms with Gasteiger partial charge in [-0.15, -0.1) is 10.2 Å². The van der Waals surface area contributed by atoms with Crippen molar-refractivity contribution in [3.8, 4) is 0 Å². The summed E-state index contributed by atoms with van der Waals surface area (Å²) in [6, 6.07) is 5.83. The molecule has 0 bridgehead atoms. The summed E-state index contributed by atoms with van der Waals surface area (Å²) in [7, 11) is 0. The highest BCUT2D eigenvalue weighted by Gasteiger charge is 2.25. The topological polar surface area (TPSA) is 126 Å². The molecule has 2 unspecified atom stereocenters. The van der Waals surface area contributed by atoms with Crippen LogP contribution in [0.1, 0.15) is 66.6 Å². The first kappa shape index (κ1) is 30.5. The number of ether oxygens (including phenoxy) is 1. The van der Waals surface area contributed by atoms with Crippen molar-refractivity contribution in [2.24, 2.45) is 11.8 Å². The molecule has 2 amide bonds. The molecule has 3 N–H and O–H groups in total. The van der Waals surface area contributed by atoms with E-state index in [9.17, 15) is 9.59 Å². The molecule has 3 atom stereocenters. The zero-order chi connectivity index (χ0) is 29.7. The molecule has 1 aliphatic heterocycles. The monoisotopic (exact) mass is 566 g/mol. The summed E-state index contributed by atoms with van der Waals surface area (Å²) in [4.78, 5) is 32.2. The van der Waals surface area contributed by atoms with E-state index in [-0.39, 0.29) is 35.9 Å². The number of carbonyl (C=O) groups excluding carboxylic acids is 2. The van der Waals surface area contributed by atoms with Crippen LogP contribution in [0.2, 0.25) is 0 Å². The van der Waals surface area contributed by atoms with Crippen molar-refractivity contribution in [2.45, 2.75) is 86.0 Å². The molecule has 2 aromatic heterocycles. The summed E-state index contributed by atoms with van der Waals surface area (Å²) < 4.78 is 7.96. The Bertz CT molecular complexity index is 1340. The first-order chi connectivity index (χ1) is 19.5. The SMILES string of the molecule is Cc1nnc2c(NCCCCNC(=O)[C@@H](NC(=O)CC(C)C)C(C)C)nc3cc(N4CC(C)OC(C)C4)ccc3n12. The van der Waals surface area contributed by atoms with Crippen molar-refractivity contribution in [3.63, 3.8) is 0 Å². The minimum atomic E-state index is -0.528. The first-order valence-electron chi connectivity index (χ1n) is 14.9. The van der Waals surface area contributed by atoms with E-state index in [0.29, 0.717) is 31.0 Å². The Morgan fingerprint density at radius 1 is 1.05 bits per heavy atom. The highest BCUT2D eigenvalue weighted by molar-refractivity contribution is 5.88. The highest BCUT2D eigenvalue weighted by Crippen LogP contribution is 2.27. The fourth-order valence-corrected chi connectivity index (χ4v) is 5.39. The fourth-order valence-electron chi connectivity index (χ4n) is 5.39. The van der Waals surface area contributed by atoms with Gasteiger partial charge in [0, 0.05) is 38.3 Å². The molecule has 0 radical (unpaired) electrons. The average Bonchev–Trinajstić information content (AvgIpc) is 3.29. The number of unbranched alkanes of at least 4 members (excludes halogenated alkanes) is 1. The van der Waals surface area contributed by atoms with Gasteiger partial charge in [0.2, 0.25) is 17.5 Å². The smallest absolute Gasteiger partial charge is 0.242 e. The van der Waals surface area contributed by atoms with E-state index in [0.717, 1.165) is 48.5 Å². The van der Waals surface area contributed by atoms with E-state index >= 15 is 0 Å². The lowest BCUT2D eigenvalue weighted by Gasteiger charge is -2.36. The van der Waals surface area contributed by atoms with Gasteiger partial charge in [-0.05, 0) is 63.6 Å². The molecule has 1 saturated heterocycles. The predicted molar refractivity (Wildman–Crippen MR) is 162 cm³/mol. The Balaban J connectivity index is 1.36. The van der Waals surface area contributed by atoms with E-state index in [2.05, 4.69) is 63.1 Å². The van der Waals surface area contributed by atoms with Crippen LogP contribution in [0.5, 0.6) is 0 Å². The molecule has 0 aliphatic carbocycles. The second-order valence-electron chi connectivity index (χ2n) is 12.0. The maximum absolute atomic E-state index is 12.7. The van der Waals surface area contributed by atoms with Gasteiger partial charge in [0.1, 0.15) is 11.9 Å². The van der Waals surface area contributed by atoms with Crippen molar-refractivity contribution in [1.82, 2.24) is 30.2 Å². The summed E-state index contributed by atoms with van der Waals surface area (Å²) in [6.07, 6.45) is 2.38. The van der Waals surface area contributed by atoms with Crippen molar-refractivity contribution >= 4 is 40.0 Å². The maximum Gasteiger partial charge on any atom is 0.242 e. The van der Waals surface area contributed by atoms with Crippen LogP contribution in [0.15, 0.2) is 18.2 Å². The minimum absolute atomic E-state index is 0.0105. The number of carbonyl (C=O) groups is 2. The van der Waals surface area contributed by atoms with Gasteiger partial charge >= 0.3 is 0 Å². The van der Waals surface area contributed by atoms with Crippen molar-refractivity contribution < 1.29 is 14.3 Å². The molecule has 3 heterocycles. The number of anilines is 2. The molecule has 224 valence electrons. The van der Waals surface area contributed by atoms with Gasteiger partial charge in [0.05, 0.1) is 23.2 Å². The van der Waals surface area contributed by atoms with E-state index < -0.39 is 6.04 Å².